The minimum Gasteiger partial charge on any atom is -0.374 e. The SMILES string of the molecule is CS(=O)(=O)n1cncc1C(O)(c1ccnc(C(F)(F)F)c1)c1ccc2nc(Cl)c(CC(F)(F)F)c(Cl)c2c1. The number of alkyl halides is 6. The summed E-state index contributed by atoms with van der Waals surface area (Å²) >= 11 is 12.2. The Morgan fingerprint density at radius 1 is 1.03 bits per heavy atom. The molecule has 0 aliphatic rings. The predicted molar refractivity (Wildman–Crippen MR) is 125 cm³/mol. The van der Waals surface area contributed by atoms with Crippen molar-refractivity contribution < 1.29 is 39.9 Å². The molecule has 1 atom stereocenters. The Labute approximate surface area is 220 Å². The van der Waals surface area contributed by atoms with Crippen LogP contribution in [0.15, 0.2) is 49.1 Å². The minimum atomic E-state index is -4.92. The van der Waals surface area contributed by atoms with Crippen LogP contribution >= 0.6 is 23.2 Å². The van der Waals surface area contributed by atoms with Crippen molar-refractivity contribution in [2.45, 2.75) is 24.4 Å². The van der Waals surface area contributed by atoms with Crippen molar-refractivity contribution in [3.63, 3.8) is 0 Å². The van der Waals surface area contributed by atoms with Crippen molar-refractivity contribution in [3.8, 4) is 0 Å². The number of imidazole rings is 1. The number of rotatable bonds is 5. The molecule has 202 valence electrons. The largest absolute Gasteiger partial charge is 0.433 e. The highest BCUT2D eigenvalue weighted by atomic mass is 35.5. The van der Waals surface area contributed by atoms with Crippen LogP contribution in [-0.2, 0) is 28.2 Å². The Morgan fingerprint density at radius 2 is 1.68 bits per heavy atom. The number of pyridine rings is 2. The van der Waals surface area contributed by atoms with Crippen molar-refractivity contribution in [1.29, 1.82) is 0 Å². The molecule has 4 rings (SSSR count). The standard InChI is InChI=1S/C22H14Cl2F6N4O3S/c1-38(36,37)34-10-31-9-17(34)21(35,12-4-5-32-16(7-12)22(28,29)30)11-2-3-15-13(6-11)18(23)14(19(24)33-15)8-20(25,26)27/h2-7,9-10,35H,8H2,1H3. The quantitative estimate of drug-likeness (QED) is 0.246. The zero-order valence-electron chi connectivity index (χ0n) is 18.8. The molecule has 0 radical (unpaired) electrons. The van der Waals surface area contributed by atoms with Gasteiger partial charge in [-0.3, -0.25) is 4.98 Å². The number of aliphatic hydroxyl groups is 1. The van der Waals surface area contributed by atoms with Gasteiger partial charge in [0.25, 0.3) is 0 Å². The monoisotopic (exact) mass is 598 g/mol. The lowest BCUT2D eigenvalue weighted by molar-refractivity contribution is -0.141. The van der Waals surface area contributed by atoms with Crippen molar-refractivity contribution in [2.24, 2.45) is 0 Å². The number of nitrogens with zero attached hydrogens (tertiary/aromatic N) is 4. The maximum absolute atomic E-state index is 13.5. The second-order valence-electron chi connectivity index (χ2n) is 8.19. The lowest BCUT2D eigenvalue weighted by atomic mass is 9.83. The molecule has 38 heavy (non-hydrogen) atoms. The van der Waals surface area contributed by atoms with E-state index in [0.29, 0.717) is 10.0 Å². The second kappa shape index (κ2) is 9.36. The van der Waals surface area contributed by atoms with E-state index in [4.69, 9.17) is 23.2 Å². The number of benzene rings is 1. The smallest absolute Gasteiger partial charge is 0.374 e. The van der Waals surface area contributed by atoms with E-state index in [2.05, 4.69) is 15.0 Å². The second-order valence-corrected chi connectivity index (χ2v) is 10.8. The molecule has 1 unspecified atom stereocenters. The third kappa shape index (κ3) is 5.17. The zero-order valence-corrected chi connectivity index (χ0v) is 21.1. The van der Waals surface area contributed by atoms with E-state index in [1.807, 2.05) is 0 Å². The summed E-state index contributed by atoms with van der Waals surface area (Å²) in [5, 5.41) is 10.9. The molecule has 0 aliphatic heterocycles. The Balaban J connectivity index is 2.06. The molecule has 0 bridgehead atoms. The Bertz CT molecular complexity index is 1660. The number of halogens is 8. The number of fused-ring (bicyclic) bond motifs is 1. The van der Waals surface area contributed by atoms with E-state index < -0.39 is 67.1 Å². The van der Waals surface area contributed by atoms with Gasteiger partial charge in [-0.05, 0) is 35.4 Å². The van der Waals surface area contributed by atoms with Gasteiger partial charge in [0.15, 0.2) is 5.60 Å². The number of hydrogen-bond acceptors (Lipinski definition) is 6. The zero-order chi connectivity index (χ0) is 28.3. The van der Waals surface area contributed by atoms with Crippen LogP contribution in [0.25, 0.3) is 10.9 Å². The average molecular weight is 599 g/mol. The molecule has 3 heterocycles. The van der Waals surface area contributed by atoms with E-state index in [1.54, 1.807) is 0 Å². The van der Waals surface area contributed by atoms with Gasteiger partial charge in [0.05, 0.1) is 35.1 Å². The van der Waals surface area contributed by atoms with Crippen molar-refractivity contribution in [3.05, 3.63) is 87.3 Å². The number of aromatic nitrogens is 4. The topological polar surface area (TPSA) is 98.0 Å². The summed E-state index contributed by atoms with van der Waals surface area (Å²) in [7, 11) is -4.14. The molecule has 0 saturated carbocycles. The molecule has 0 amide bonds. The molecule has 0 saturated heterocycles. The molecular weight excluding hydrogens is 585 g/mol. The summed E-state index contributed by atoms with van der Waals surface area (Å²) in [6.45, 7) is 0. The molecular formula is C22H14Cl2F6N4O3S. The van der Waals surface area contributed by atoms with Gasteiger partial charge < -0.3 is 5.11 Å². The molecule has 1 N–H and O–H groups in total. The molecule has 4 aromatic rings. The van der Waals surface area contributed by atoms with E-state index in [0.717, 1.165) is 37.1 Å². The van der Waals surface area contributed by atoms with Crippen LogP contribution < -0.4 is 0 Å². The summed E-state index contributed by atoms with van der Waals surface area (Å²) in [6.07, 6.45) is -7.85. The lowest BCUT2D eigenvalue weighted by Gasteiger charge is -2.30. The molecule has 0 aliphatic carbocycles. The Hall–Kier alpha value is -2.94. The van der Waals surface area contributed by atoms with Crippen LogP contribution in [0.1, 0.15) is 28.1 Å². The van der Waals surface area contributed by atoms with E-state index in [1.165, 1.54) is 12.1 Å². The third-order valence-corrected chi connectivity index (χ3v) is 7.31. The summed E-state index contributed by atoms with van der Waals surface area (Å²) in [6, 6.07) is 5.04. The van der Waals surface area contributed by atoms with Crippen LogP contribution in [0.3, 0.4) is 0 Å². The van der Waals surface area contributed by atoms with Gasteiger partial charge in [-0.2, -0.15) is 26.3 Å². The Morgan fingerprint density at radius 3 is 2.29 bits per heavy atom. The fraction of sp³-hybridized carbons (Fsp3) is 0.227. The van der Waals surface area contributed by atoms with Gasteiger partial charge in [0.2, 0.25) is 10.0 Å². The minimum absolute atomic E-state index is 0.0133. The molecule has 1 aromatic carbocycles. The van der Waals surface area contributed by atoms with Gasteiger partial charge in [-0.1, -0.05) is 29.3 Å². The predicted octanol–water partition coefficient (Wildman–Crippen LogP) is 5.35. The molecule has 3 aromatic heterocycles. The molecule has 16 heteroatoms. The van der Waals surface area contributed by atoms with Crippen LogP contribution in [0.5, 0.6) is 0 Å². The fourth-order valence-corrected chi connectivity index (χ4v) is 5.26. The van der Waals surface area contributed by atoms with Gasteiger partial charge in [-0.15, -0.1) is 0 Å². The molecule has 0 spiro atoms. The molecule has 0 fully saturated rings. The lowest BCUT2D eigenvalue weighted by Crippen LogP contribution is -2.33. The third-order valence-electron chi connectivity index (χ3n) is 5.56. The van der Waals surface area contributed by atoms with E-state index in [-0.39, 0.29) is 16.5 Å². The van der Waals surface area contributed by atoms with Crippen molar-refractivity contribution in [1.82, 2.24) is 18.9 Å². The first-order valence-corrected chi connectivity index (χ1v) is 12.9. The maximum Gasteiger partial charge on any atom is 0.433 e. The normalized spacial score (nSPS) is 14.6. The van der Waals surface area contributed by atoms with Crippen LogP contribution in [0.4, 0.5) is 26.3 Å². The first-order chi connectivity index (χ1) is 17.4. The first kappa shape index (κ1) is 28.1. The highest BCUT2D eigenvalue weighted by Gasteiger charge is 2.42. The summed E-state index contributed by atoms with van der Waals surface area (Å²) in [4.78, 5) is 10.9. The van der Waals surface area contributed by atoms with E-state index >= 15 is 0 Å². The van der Waals surface area contributed by atoms with Crippen molar-refractivity contribution >= 4 is 44.1 Å². The van der Waals surface area contributed by atoms with Gasteiger partial charge in [0.1, 0.15) is 17.2 Å². The van der Waals surface area contributed by atoms with Crippen LogP contribution in [0, 0.1) is 0 Å². The Kier molecular flexibility index (Phi) is 6.92. The highest BCUT2D eigenvalue weighted by molar-refractivity contribution is 7.89. The highest BCUT2D eigenvalue weighted by Crippen LogP contribution is 2.42. The fourth-order valence-electron chi connectivity index (χ4n) is 3.89. The average Bonchev–Trinajstić information content (AvgIpc) is 3.31. The van der Waals surface area contributed by atoms with E-state index in [9.17, 15) is 39.9 Å². The summed E-state index contributed by atoms with van der Waals surface area (Å²) in [5.74, 6) is 0. The van der Waals surface area contributed by atoms with Gasteiger partial charge in [-0.25, -0.2) is 22.4 Å². The van der Waals surface area contributed by atoms with Gasteiger partial charge >= 0.3 is 12.4 Å². The van der Waals surface area contributed by atoms with Crippen molar-refractivity contribution in [2.75, 3.05) is 6.26 Å². The first-order valence-electron chi connectivity index (χ1n) is 10.3. The summed E-state index contributed by atoms with van der Waals surface area (Å²) < 4.78 is 105. The van der Waals surface area contributed by atoms with Crippen LogP contribution in [0.2, 0.25) is 10.2 Å². The van der Waals surface area contributed by atoms with Gasteiger partial charge in [0, 0.05) is 17.1 Å². The number of hydrogen-bond donors (Lipinski definition) is 1. The molecule has 7 nitrogen and oxygen atoms in total. The maximum atomic E-state index is 13.5. The summed E-state index contributed by atoms with van der Waals surface area (Å²) in [5.41, 5.74) is -5.76. The van der Waals surface area contributed by atoms with Crippen LogP contribution in [-0.4, -0.2) is 44.9 Å².